The smallest absolute Gasteiger partial charge is 0.296 e. The van der Waals surface area contributed by atoms with E-state index in [4.69, 9.17) is 25.8 Å². The molecule has 59 heavy (non-hydrogen) atoms. The van der Waals surface area contributed by atoms with Gasteiger partial charge in [-0.15, -0.1) is 10.2 Å². The van der Waals surface area contributed by atoms with Crippen molar-refractivity contribution in [2.75, 3.05) is 39.7 Å². The Kier molecular flexibility index (Phi) is 12.0. The van der Waals surface area contributed by atoms with E-state index >= 15 is 0 Å². The summed E-state index contributed by atoms with van der Waals surface area (Å²) in [5.41, 5.74) is -1.12. The quantitative estimate of drug-likeness (QED) is 0.0584. The number of halogens is 1. The minimum absolute atomic E-state index is 0.0256. The molecule has 0 bridgehead atoms. The molecule has 3 N–H and O–H groups in total. The van der Waals surface area contributed by atoms with Gasteiger partial charge in [0.2, 0.25) is 10.0 Å². The number of rotatable bonds is 14. The standard InChI is InChI=1S/C39H36ClN5O12S2/c1-6-44(7-2)58(50,51)22-13-15-30(55-3)29(17-22)42-43-34-26-16-21(20-45-38(48)24-10-8-9-11-25(24)39(45)49)12-14-23(26)36(59(52,53)54)33(35(34)46)37(47)41-28-18-27(40)31(56-4)19-32(28)57-5/h8-19,46H,6-7,20H2,1-5H3,(H,41,47)(H,52,53,54). The minimum atomic E-state index is -5.35. The second-order valence-electron chi connectivity index (χ2n) is 12.8. The van der Waals surface area contributed by atoms with Gasteiger partial charge in [0.15, 0.2) is 5.75 Å². The highest BCUT2D eigenvalue weighted by Crippen LogP contribution is 2.46. The number of phenols is 1. The van der Waals surface area contributed by atoms with Crippen molar-refractivity contribution in [1.82, 2.24) is 9.21 Å². The van der Waals surface area contributed by atoms with Crippen LogP contribution in [0.4, 0.5) is 17.1 Å². The van der Waals surface area contributed by atoms with E-state index in [-0.39, 0.29) is 85.6 Å². The van der Waals surface area contributed by atoms with Crippen molar-refractivity contribution in [1.29, 1.82) is 0 Å². The Morgan fingerprint density at radius 2 is 1.44 bits per heavy atom. The third kappa shape index (κ3) is 7.89. The number of nitrogens with zero attached hydrogens (tertiary/aromatic N) is 4. The predicted octanol–water partition coefficient (Wildman–Crippen LogP) is 6.97. The third-order valence-electron chi connectivity index (χ3n) is 9.45. The maximum Gasteiger partial charge on any atom is 0.296 e. The molecule has 0 aromatic heterocycles. The maximum absolute atomic E-state index is 14.1. The van der Waals surface area contributed by atoms with Gasteiger partial charge in [-0.2, -0.15) is 12.7 Å². The van der Waals surface area contributed by atoms with Gasteiger partial charge >= 0.3 is 0 Å². The summed E-state index contributed by atoms with van der Waals surface area (Å²) in [6.07, 6.45) is 0. The summed E-state index contributed by atoms with van der Waals surface area (Å²) in [6, 6.07) is 16.5. The normalized spacial score (nSPS) is 13.1. The van der Waals surface area contributed by atoms with E-state index in [1.54, 1.807) is 26.0 Å². The van der Waals surface area contributed by atoms with Crippen LogP contribution in [0, 0.1) is 0 Å². The molecule has 0 aliphatic carbocycles. The molecule has 1 aliphatic heterocycles. The fraction of sp³-hybridized carbons (Fsp3) is 0.205. The fourth-order valence-electron chi connectivity index (χ4n) is 6.58. The summed E-state index contributed by atoms with van der Waals surface area (Å²) >= 11 is 6.30. The first-order valence-corrected chi connectivity index (χ1v) is 20.8. The van der Waals surface area contributed by atoms with E-state index < -0.39 is 59.8 Å². The van der Waals surface area contributed by atoms with Crippen molar-refractivity contribution in [3.05, 3.63) is 100 Å². The number of ether oxygens (including phenoxy) is 3. The van der Waals surface area contributed by atoms with Gasteiger partial charge in [-0.3, -0.25) is 23.8 Å². The Hall–Kier alpha value is -6.12. The Balaban J connectivity index is 1.58. The minimum Gasteiger partial charge on any atom is -0.505 e. The van der Waals surface area contributed by atoms with Gasteiger partial charge < -0.3 is 24.6 Å². The van der Waals surface area contributed by atoms with Crippen LogP contribution in [-0.2, 0) is 26.7 Å². The van der Waals surface area contributed by atoms with Gasteiger partial charge in [0.25, 0.3) is 27.8 Å². The maximum atomic E-state index is 14.1. The number of anilines is 1. The zero-order valence-electron chi connectivity index (χ0n) is 32.0. The number of methoxy groups -OCH3 is 3. The number of hydrogen-bond acceptors (Lipinski definition) is 13. The van der Waals surface area contributed by atoms with E-state index in [0.29, 0.717) is 0 Å². The molecule has 0 unspecified atom stereocenters. The lowest BCUT2D eigenvalue weighted by Gasteiger charge is -2.19. The lowest BCUT2D eigenvalue weighted by Crippen LogP contribution is -2.30. The number of azo groups is 1. The molecule has 0 atom stereocenters. The summed E-state index contributed by atoms with van der Waals surface area (Å²) in [4.78, 5) is 40.4. The summed E-state index contributed by atoms with van der Waals surface area (Å²) in [5, 5.41) is 22.3. The first-order valence-electron chi connectivity index (χ1n) is 17.6. The SMILES string of the molecule is CCN(CC)S(=O)(=O)c1ccc(OC)c(N=Nc2c(O)c(C(=O)Nc3cc(Cl)c(OC)cc3OC)c(S(=O)(=O)O)c3ccc(CN4C(=O)c5ccccc5C4=O)cc23)c1. The largest absolute Gasteiger partial charge is 0.505 e. The van der Waals surface area contributed by atoms with Crippen molar-refractivity contribution < 1.29 is 55.1 Å². The van der Waals surface area contributed by atoms with Crippen LogP contribution in [0.25, 0.3) is 10.8 Å². The van der Waals surface area contributed by atoms with Gasteiger partial charge in [0.1, 0.15) is 39.1 Å². The highest BCUT2D eigenvalue weighted by Gasteiger charge is 2.36. The van der Waals surface area contributed by atoms with Crippen LogP contribution < -0.4 is 19.5 Å². The molecule has 20 heteroatoms. The molecule has 0 fully saturated rings. The highest BCUT2D eigenvalue weighted by molar-refractivity contribution is 7.89. The summed E-state index contributed by atoms with van der Waals surface area (Å²) in [5.74, 6) is -3.27. The number of imide groups is 1. The van der Waals surface area contributed by atoms with Gasteiger partial charge in [-0.25, -0.2) is 8.42 Å². The number of aromatic hydroxyl groups is 1. The van der Waals surface area contributed by atoms with Crippen molar-refractivity contribution in [3.63, 3.8) is 0 Å². The van der Waals surface area contributed by atoms with Crippen LogP contribution in [0.2, 0.25) is 5.02 Å². The van der Waals surface area contributed by atoms with Gasteiger partial charge in [0.05, 0.1) is 54.6 Å². The Morgan fingerprint density at radius 1 is 0.814 bits per heavy atom. The Bertz CT molecular complexity index is 2780. The molecular formula is C39H36ClN5O12S2. The van der Waals surface area contributed by atoms with Crippen LogP contribution in [-0.4, -0.2) is 87.8 Å². The molecular weight excluding hydrogens is 830 g/mol. The number of benzene rings is 5. The molecule has 0 saturated heterocycles. The Morgan fingerprint density at radius 3 is 2.02 bits per heavy atom. The van der Waals surface area contributed by atoms with E-state index in [0.717, 1.165) is 4.90 Å². The molecule has 0 radical (unpaired) electrons. The lowest BCUT2D eigenvalue weighted by atomic mass is 10.00. The molecule has 0 saturated carbocycles. The monoisotopic (exact) mass is 865 g/mol. The van der Waals surface area contributed by atoms with E-state index in [2.05, 4.69) is 15.5 Å². The summed E-state index contributed by atoms with van der Waals surface area (Å²) in [6.45, 7) is 3.37. The molecule has 5 aromatic carbocycles. The second kappa shape index (κ2) is 16.6. The number of amides is 3. The van der Waals surface area contributed by atoms with Crippen LogP contribution >= 0.6 is 11.6 Å². The lowest BCUT2D eigenvalue weighted by molar-refractivity contribution is 0.0642. The van der Waals surface area contributed by atoms with Crippen molar-refractivity contribution in [3.8, 4) is 23.0 Å². The number of nitrogens with one attached hydrogen (secondary N) is 1. The molecule has 0 spiro atoms. The molecule has 1 aliphatic rings. The van der Waals surface area contributed by atoms with Gasteiger partial charge in [0, 0.05) is 29.9 Å². The van der Waals surface area contributed by atoms with E-state index in [9.17, 15) is 40.9 Å². The van der Waals surface area contributed by atoms with E-state index in [1.165, 1.54) is 86.3 Å². The second-order valence-corrected chi connectivity index (χ2v) is 16.5. The molecule has 3 amide bonds. The van der Waals surface area contributed by atoms with Crippen molar-refractivity contribution >= 4 is 77.3 Å². The Labute approximate surface area is 343 Å². The van der Waals surface area contributed by atoms with Crippen molar-refractivity contribution in [2.24, 2.45) is 10.2 Å². The third-order valence-corrected chi connectivity index (χ3v) is 12.7. The average Bonchev–Trinajstić information content (AvgIpc) is 3.44. The van der Waals surface area contributed by atoms with E-state index in [1.807, 2.05) is 0 Å². The first-order chi connectivity index (χ1) is 28.0. The van der Waals surface area contributed by atoms with Crippen LogP contribution in [0.3, 0.4) is 0 Å². The number of fused-ring (bicyclic) bond motifs is 2. The highest BCUT2D eigenvalue weighted by atomic mass is 35.5. The molecule has 5 aromatic rings. The van der Waals surface area contributed by atoms with Crippen LogP contribution in [0.5, 0.6) is 23.0 Å². The number of hydrogen-bond donors (Lipinski definition) is 3. The fourth-order valence-corrected chi connectivity index (χ4v) is 9.21. The summed E-state index contributed by atoms with van der Waals surface area (Å²) < 4.78 is 81.1. The number of sulfonamides is 1. The predicted molar refractivity (Wildman–Crippen MR) is 216 cm³/mol. The van der Waals surface area contributed by atoms with Crippen LogP contribution in [0.1, 0.15) is 50.5 Å². The zero-order chi connectivity index (χ0) is 43.0. The van der Waals surface area contributed by atoms with Crippen molar-refractivity contribution in [2.45, 2.75) is 30.2 Å². The number of phenolic OH excluding ortho intramolecular Hbond substituents is 1. The zero-order valence-corrected chi connectivity index (χ0v) is 34.4. The number of carbonyl (C=O) groups is 3. The molecule has 17 nitrogen and oxygen atoms in total. The molecule has 308 valence electrons. The topological polar surface area (TPSA) is 231 Å². The summed E-state index contributed by atoms with van der Waals surface area (Å²) in [7, 11) is -5.43. The molecule has 6 rings (SSSR count). The van der Waals surface area contributed by atoms with Gasteiger partial charge in [-0.05, 0) is 48.0 Å². The van der Waals surface area contributed by atoms with Gasteiger partial charge in [-0.1, -0.05) is 49.7 Å². The number of carbonyl (C=O) groups excluding carboxylic acids is 3. The average molecular weight is 866 g/mol. The molecule has 1 heterocycles. The van der Waals surface area contributed by atoms with Crippen LogP contribution in [0.15, 0.2) is 92.8 Å². The first kappa shape index (κ1) is 42.5.